The SMILES string of the molecule is N#CCC1(Cn2c(Cc3cc(F)c(-c4ccc(F)c(OCc5ccc(C#N)cc5F)n4)cc3F)nc3ccc(C(=O)O)nc32)CC1. The smallest absolute Gasteiger partial charge is 0.354 e. The molecular weight excluding hydrogens is 604 g/mol. The number of carboxylic acid groups (broad SMARTS) is 1. The number of hydrogen-bond acceptors (Lipinski definition) is 7. The highest BCUT2D eigenvalue weighted by Gasteiger charge is 2.43. The van der Waals surface area contributed by atoms with Gasteiger partial charge in [-0.2, -0.15) is 10.5 Å². The number of carboxylic acids is 1. The van der Waals surface area contributed by atoms with Crippen molar-refractivity contribution in [2.75, 3.05) is 0 Å². The number of ether oxygens (including phenoxy) is 1. The van der Waals surface area contributed by atoms with E-state index in [9.17, 15) is 23.9 Å². The lowest BCUT2D eigenvalue weighted by atomic mass is 10.0. The fraction of sp³-hybridized carbons (Fsp3) is 0.212. The van der Waals surface area contributed by atoms with Crippen molar-refractivity contribution >= 4 is 17.1 Å². The Kier molecular flexibility index (Phi) is 7.84. The largest absolute Gasteiger partial charge is 0.477 e. The lowest BCUT2D eigenvalue weighted by Gasteiger charge is -2.16. The highest BCUT2D eigenvalue weighted by atomic mass is 19.1. The summed E-state index contributed by atoms with van der Waals surface area (Å²) in [6.45, 7) is -0.126. The molecule has 1 aliphatic carbocycles. The fourth-order valence-corrected chi connectivity index (χ4v) is 5.18. The van der Waals surface area contributed by atoms with Crippen molar-refractivity contribution in [3.05, 3.63) is 106 Å². The summed E-state index contributed by atoms with van der Waals surface area (Å²) >= 11 is 0. The monoisotopic (exact) mass is 626 g/mol. The van der Waals surface area contributed by atoms with E-state index in [4.69, 9.17) is 10.00 Å². The highest BCUT2D eigenvalue weighted by molar-refractivity contribution is 5.88. The number of aromatic carboxylic acids is 1. The van der Waals surface area contributed by atoms with Gasteiger partial charge in [-0.25, -0.2) is 37.3 Å². The Labute approximate surface area is 259 Å². The van der Waals surface area contributed by atoms with E-state index in [1.54, 1.807) is 10.6 Å². The number of fused-ring (bicyclic) bond motifs is 1. The highest BCUT2D eigenvalue weighted by Crippen LogP contribution is 2.50. The van der Waals surface area contributed by atoms with Crippen LogP contribution in [0.25, 0.3) is 22.4 Å². The van der Waals surface area contributed by atoms with Crippen LogP contribution in [0.4, 0.5) is 17.6 Å². The van der Waals surface area contributed by atoms with Crippen molar-refractivity contribution in [2.45, 2.75) is 38.8 Å². The van der Waals surface area contributed by atoms with Gasteiger partial charge in [-0.05, 0) is 66.9 Å². The maximum absolute atomic E-state index is 15.5. The van der Waals surface area contributed by atoms with Crippen molar-refractivity contribution in [3.8, 4) is 29.3 Å². The van der Waals surface area contributed by atoms with Gasteiger partial charge in [0.25, 0.3) is 5.88 Å². The summed E-state index contributed by atoms with van der Waals surface area (Å²) in [7, 11) is 0. The van der Waals surface area contributed by atoms with Crippen LogP contribution in [-0.4, -0.2) is 30.6 Å². The molecule has 1 fully saturated rings. The number of nitriles is 2. The maximum atomic E-state index is 15.5. The Morgan fingerprint density at radius 2 is 1.70 bits per heavy atom. The standard InChI is InChI=1S/C33H22F4N6O3/c34-22-3-4-26(42-31(22)46-16-19-2-1-18(15-39)11-23(19)35)21-14-24(36)20(12-25(21)37)13-29-40-27-5-6-28(32(44)45)41-30(27)43(29)17-33(7-8-33)9-10-38/h1-6,11-12,14H,7-9,13,16-17H2,(H,44,45). The van der Waals surface area contributed by atoms with Crippen molar-refractivity contribution in [3.63, 3.8) is 0 Å². The van der Waals surface area contributed by atoms with Gasteiger partial charge in [0.15, 0.2) is 17.2 Å². The molecule has 1 saturated carbocycles. The van der Waals surface area contributed by atoms with Crippen LogP contribution in [0.1, 0.15) is 52.3 Å². The zero-order valence-corrected chi connectivity index (χ0v) is 23.9. The van der Waals surface area contributed by atoms with Gasteiger partial charge in [0.2, 0.25) is 0 Å². The Morgan fingerprint density at radius 3 is 2.39 bits per heavy atom. The Morgan fingerprint density at radius 1 is 0.913 bits per heavy atom. The second kappa shape index (κ2) is 11.9. The van der Waals surface area contributed by atoms with Gasteiger partial charge in [0.05, 0.1) is 23.4 Å². The molecule has 0 spiro atoms. The molecule has 1 N–H and O–H groups in total. The molecule has 1 aliphatic rings. The van der Waals surface area contributed by atoms with E-state index < -0.39 is 41.7 Å². The number of halogens is 4. The third-order valence-electron chi connectivity index (χ3n) is 7.92. The zero-order chi connectivity index (χ0) is 32.6. The maximum Gasteiger partial charge on any atom is 0.354 e. The lowest BCUT2D eigenvalue weighted by molar-refractivity contribution is 0.0690. The molecule has 0 atom stereocenters. The average molecular weight is 627 g/mol. The van der Waals surface area contributed by atoms with Crippen LogP contribution >= 0.6 is 0 Å². The quantitative estimate of drug-likeness (QED) is 0.174. The van der Waals surface area contributed by atoms with Crippen LogP contribution in [-0.2, 0) is 19.6 Å². The minimum atomic E-state index is -1.23. The Bertz CT molecular complexity index is 2110. The molecule has 5 aromatic rings. The number of pyridine rings is 2. The molecular formula is C33H22F4N6O3. The number of carbonyl (C=O) groups is 1. The Balaban J connectivity index is 1.30. The summed E-state index contributed by atoms with van der Waals surface area (Å²) in [4.78, 5) is 24.3. The molecule has 13 heteroatoms. The van der Waals surface area contributed by atoms with Gasteiger partial charge >= 0.3 is 5.97 Å². The van der Waals surface area contributed by atoms with Gasteiger partial charge in [-0.1, -0.05) is 6.07 Å². The van der Waals surface area contributed by atoms with Crippen LogP contribution in [0, 0.1) is 51.3 Å². The van der Waals surface area contributed by atoms with Crippen molar-refractivity contribution in [1.29, 1.82) is 10.5 Å². The van der Waals surface area contributed by atoms with Crippen LogP contribution in [0.15, 0.2) is 54.6 Å². The second-order valence-electron chi connectivity index (χ2n) is 11.1. The number of benzene rings is 2. The van der Waals surface area contributed by atoms with Gasteiger partial charge in [-0.15, -0.1) is 0 Å². The molecule has 46 heavy (non-hydrogen) atoms. The third-order valence-corrected chi connectivity index (χ3v) is 7.92. The fourth-order valence-electron chi connectivity index (χ4n) is 5.18. The molecule has 6 rings (SSSR count). The number of nitrogens with zero attached hydrogens (tertiary/aromatic N) is 6. The molecule has 3 heterocycles. The second-order valence-corrected chi connectivity index (χ2v) is 11.1. The van der Waals surface area contributed by atoms with E-state index >= 15 is 8.78 Å². The molecule has 2 aromatic carbocycles. The predicted octanol–water partition coefficient (Wildman–Crippen LogP) is 6.48. The van der Waals surface area contributed by atoms with Gasteiger partial charge in [0.1, 0.15) is 35.4 Å². The Hall–Kier alpha value is -5.82. The summed E-state index contributed by atoms with van der Waals surface area (Å²) in [5.41, 5.74) is -0.248. The van der Waals surface area contributed by atoms with E-state index in [-0.39, 0.29) is 57.5 Å². The summed E-state index contributed by atoms with van der Waals surface area (Å²) in [5.74, 6) is -4.79. The number of hydrogen-bond donors (Lipinski definition) is 1. The van der Waals surface area contributed by atoms with E-state index in [1.165, 1.54) is 24.3 Å². The average Bonchev–Trinajstić information content (AvgIpc) is 3.72. The van der Waals surface area contributed by atoms with Crippen LogP contribution in [0.5, 0.6) is 5.88 Å². The van der Waals surface area contributed by atoms with Crippen molar-refractivity contribution in [1.82, 2.24) is 19.5 Å². The van der Waals surface area contributed by atoms with Crippen molar-refractivity contribution in [2.24, 2.45) is 5.41 Å². The first-order chi connectivity index (χ1) is 22.1. The van der Waals surface area contributed by atoms with Crippen LogP contribution in [0.2, 0.25) is 0 Å². The van der Waals surface area contributed by atoms with E-state index in [2.05, 4.69) is 21.0 Å². The van der Waals surface area contributed by atoms with Gasteiger partial charge < -0.3 is 14.4 Å². The molecule has 0 aliphatic heterocycles. The zero-order valence-electron chi connectivity index (χ0n) is 23.9. The van der Waals surface area contributed by atoms with E-state index in [0.717, 1.165) is 43.2 Å². The predicted molar refractivity (Wildman–Crippen MR) is 154 cm³/mol. The van der Waals surface area contributed by atoms with Gasteiger partial charge in [-0.3, -0.25) is 0 Å². The summed E-state index contributed by atoms with van der Waals surface area (Å²) in [5, 5.41) is 27.7. The number of imidazole rings is 1. The molecule has 0 saturated heterocycles. The summed E-state index contributed by atoms with van der Waals surface area (Å²) in [6, 6.07) is 14.5. The number of rotatable bonds is 10. The van der Waals surface area contributed by atoms with E-state index in [1.807, 2.05) is 0 Å². The van der Waals surface area contributed by atoms with Crippen LogP contribution < -0.4 is 4.74 Å². The normalized spacial score (nSPS) is 13.3. The third kappa shape index (κ3) is 5.95. The van der Waals surface area contributed by atoms with Crippen molar-refractivity contribution < 1.29 is 32.2 Å². The first kappa shape index (κ1) is 30.2. The molecule has 0 unspecified atom stereocenters. The topological polar surface area (TPSA) is 138 Å². The number of aromatic nitrogens is 4. The molecule has 0 radical (unpaired) electrons. The minimum Gasteiger partial charge on any atom is -0.477 e. The minimum absolute atomic E-state index is 0.0350. The summed E-state index contributed by atoms with van der Waals surface area (Å²) in [6.07, 6.45) is 1.64. The first-order valence-electron chi connectivity index (χ1n) is 14.0. The van der Waals surface area contributed by atoms with Gasteiger partial charge in [0, 0.05) is 35.9 Å². The molecule has 230 valence electrons. The van der Waals surface area contributed by atoms with Crippen LogP contribution in [0.3, 0.4) is 0 Å². The first-order valence-corrected chi connectivity index (χ1v) is 14.0. The lowest BCUT2D eigenvalue weighted by Crippen LogP contribution is -2.15. The molecule has 0 bridgehead atoms. The summed E-state index contributed by atoms with van der Waals surface area (Å²) < 4.78 is 66.8. The molecule has 0 amide bonds. The molecule has 9 nitrogen and oxygen atoms in total. The van der Waals surface area contributed by atoms with E-state index in [0.29, 0.717) is 17.9 Å². The molecule has 3 aromatic heterocycles.